The van der Waals surface area contributed by atoms with Crippen LogP contribution in [-0.2, 0) is 0 Å². The fraction of sp³-hybridized carbons (Fsp3) is 0.296. The Hall–Kier alpha value is -2.96. The van der Waals surface area contributed by atoms with Gasteiger partial charge in [0.25, 0.3) is 0 Å². The lowest BCUT2D eigenvalue weighted by molar-refractivity contribution is 0.0753. The predicted octanol–water partition coefficient (Wildman–Crippen LogP) is 6.70. The highest BCUT2D eigenvalue weighted by molar-refractivity contribution is 7.12. The molecule has 0 aliphatic carbocycles. The van der Waals surface area contributed by atoms with E-state index in [0.717, 1.165) is 27.3 Å². The van der Waals surface area contributed by atoms with Crippen LogP contribution in [0.1, 0.15) is 58.1 Å². The molecule has 3 aromatic rings. The van der Waals surface area contributed by atoms with E-state index in [0.29, 0.717) is 27.3 Å². The molecule has 1 aliphatic heterocycles. The lowest BCUT2D eigenvalue weighted by Gasteiger charge is -2.33. The number of hydrogen-bond acceptors (Lipinski definition) is 5. The third kappa shape index (κ3) is 4.21. The minimum atomic E-state index is -1.30. The highest BCUT2D eigenvalue weighted by Crippen LogP contribution is 2.44. The maximum Gasteiger partial charge on any atom is 0.197 e. The third-order valence-corrected chi connectivity index (χ3v) is 7.12. The Morgan fingerprint density at radius 1 is 1.12 bits per heavy atom. The second-order valence-corrected chi connectivity index (χ2v) is 10.4. The van der Waals surface area contributed by atoms with Crippen LogP contribution in [0.15, 0.2) is 42.5 Å². The van der Waals surface area contributed by atoms with E-state index in [4.69, 9.17) is 4.74 Å². The van der Waals surface area contributed by atoms with Crippen molar-refractivity contribution in [3.8, 4) is 16.9 Å². The van der Waals surface area contributed by atoms with Gasteiger partial charge in [0.2, 0.25) is 0 Å². The number of rotatable bonds is 5. The number of aliphatic hydroxyl groups is 1. The van der Waals surface area contributed by atoms with Crippen LogP contribution in [0.25, 0.3) is 16.7 Å². The zero-order valence-electron chi connectivity index (χ0n) is 19.7. The van der Waals surface area contributed by atoms with E-state index in [1.165, 1.54) is 30.6 Å². The van der Waals surface area contributed by atoms with Crippen molar-refractivity contribution < 1.29 is 19.0 Å². The minimum Gasteiger partial charge on any atom is -0.496 e. The highest BCUT2D eigenvalue weighted by atomic mass is 32.1. The summed E-state index contributed by atoms with van der Waals surface area (Å²) in [6, 6.07) is 9.99. The van der Waals surface area contributed by atoms with Crippen molar-refractivity contribution in [1.82, 2.24) is 0 Å². The van der Waals surface area contributed by atoms with Gasteiger partial charge in [0.05, 0.1) is 12.6 Å². The van der Waals surface area contributed by atoms with E-state index >= 15 is 0 Å². The number of anilines is 1. The van der Waals surface area contributed by atoms with E-state index in [-0.39, 0.29) is 5.54 Å². The Kier molecular flexibility index (Phi) is 5.93. The van der Waals surface area contributed by atoms with E-state index in [2.05, 4.69) is 25.2 Å². The Labute approximate surface area is 197 Å². The van der Waals surface area contributed by atoms with E-state index < -0.39 is 17.7 Å². The molecule has 1 aromatic heterocycles. The predicted molar refractivity (Wildman–Crippen MR) is 133 cm³/mol. The number of fused-ring (bicyclic) bond motifs is 1. The number of ketones is 1. The zero-order chi connectivity index (χ0) is 24.1. The SMILES string of the molecule is COc1cc(F)ccc1-c1ccc2c(c1C(=O)C(O)c1sc(C)cc1C)C(C)=CC(C)(C)N2. The third-order valence-electron chi connectivity index (χ3n) is 5.91. The number of aliphatic hydroxyl groups excluding tert-OH is 1. The Morgan fingerprint density at radius 2 is 1.82 bits per heavy atom. The Bertz CT molecular complexity index is 1290. The van der Waals surface area contributed by atoms with Crippen molar-refractivity contribution >= 4 is 28.4 Å². The quantitative estimate of drug-likeness (QED) is 0.412. The van der Waals surface area contributed by atoms with Crippen molar-refractivity contribution in [1.29, 1.82) is 0 Å². The smallest absolute Gasteiger partial charge is 0.197 e. The highest BCUT2D eigenvalue weighted by Gasteiger charge is 2.33. The van der Waals surface area contributed by atoms with E-state index in [1.807, 2.05) is 39.0 Å². The number of halogens is 1. The molecular weight excluding hydrogens is 437 g/mol. The first-order valence-corrected chi connectivity index (χ1v) is 11.6. The number of carbonyl (C=O) groups is 1. The van der Waals surface area contributed by atoms with Crippen molar-refractivity contribution in [2.45, 2.75) is 46.3 Å². The average Bonchev–Trinajstić information content (AvgIpc) is 3.09. The molecule has 1 aliphatic rings. The minimum absolute atomic E-state index is 0.285. The van der Waals surface area contributed by atoms with Crippen LogP contribution < -0.4 is 10.1 Å². The fourth-order valence-corrected chi connectivity index (χ4v) is 5.69. The monoisotopic (exact) mass is 465 g/mol. The van der Waals surface area contributed by atoms with Gasteiger partial charge < -0.3 is 15.2 Å². The Morgan fingerprint density at radius 3 is 2.45 bits per heavy atom. The first kappa shape index (κ1) is 23.2. The lowest BCUT2D eigenvalue weighted by Crippen LogP contribution is -2.32. The van der Waals surface area contributed by atoms with Gasteiger partial charge in [0.1, 0.15) is 11.6 Å². The van der Waals surface area contributed by atoms with Gasteiger partial charge in [-0.15, -0.1) is 11.3 Å². The molecule has 0 spiro atoms. The summed E-state index contributed by atoms with van der Waals surface area (Å²) in [5, 5.41) is 14.7. The Balaban J connectivity index is 1.99. The molecule has 0 saturated carbocycles. The first-order valence-electron chi connectivity index (χ1n) is 10.8. The maximum atomic E-state index is 13.9. The molecule has 2 N–H and O–H groups in total. The van der Waals surface area contributed by atoms with Crippen LogP contribution in [-0.4, -0.2) is 23.5 Å². The summed E-state index contributed by atoms with van der Waals surface area (Å²) in [5.74, 6) is -0.495. The largest absolute Gasteiger partial charge is 0.496 e. The molecule has 1 atom stereocenters. The van der Waals surface area contributed by atoms with Gasteiger partial charge in [0.15, 0.2) is 11.9 Å². The normalized spacial score (nSPS) is 15.3. The summed E-state index contributed by atoms with van der Waals surface area (Å²) >= 11 is 1.42. The van der Waals surface area contributed by atoms with Crippen LogP contribution in [0.4, 0.5) is 10.1 Å². The van der Waals surface area contributed by atoms with Gasteiger partial charge in [-0.1, -0.05) is 12.1 Å². The van der Waals surface area contributed by atoms with Crippen LogP contribution >= 0.6 is 11.3 Å². The van der Waals surface area contributed by atoms with Crippen molar-refractivity contribution in [2.24, 2.45) is 0 Å². The fourth-order valence-electron chi connectivity index (χ4n) is 4.67. The molecule has 0 saturated heterocycles. The van der Waals surface area contributed by atoms with Gasteiger partial charge >= 0.3 is 0 Å². The molecule has 4 nitrogen and oxygen atoms in total. The molecule has 2 heterocycles. The van der Waals surface area contributed by atoms with Crippen LogP contribution in [0.3, 0.4) is 0 Å². The lowest BCUT2D eigenvalue weighted by atomic mass is 9.82. The molecule has 172 valence electrons. The van der Waals surface area contributed by atoms with Gasteiger partial charge in [0, 0.05) is 38.2 Å². The first-order chi connectivity index (χ1) is 15.5. The van der Waals surface area contributed by atoms with E-state index in [1.54, 1.807) is 6.07 Å². The molecule has 1 unspecified atom stereocenters. The number of methoxy groups -OCH3 is 1. The molecule has 4 rings (SSSR count). The second-order valence-electron chi connectivity index (χ2n) is 9.10. The molecule has 6 heteroatoms. The number of benzene rings is 2. The number of nitrogens with one attached hydrogen (secondary N) is 1. The molecule has 0 amide bonds. The summed E-state index contributed by atoms with van der Waals surface area (Å²) in [4.78, 5) is 15.6. The van der Waals surface area contributed by atoms with Crippen LogP contribution in [0.2, 0.25) is 0 Å². The summed E-state index contributed by atoms with van der Waals surface area (Å²) in [7, 11) is 1.47. The molecule has 33 heavy (non-hydrogen) atoms. The summed E-state index contributed by atoms with van der Waals surface area (Å²) in [5.41, 5.74) is 4.68. The van der Waals surface area contributed by atoms with Crippen LogP contribution in [0.5, 0.6) is 5.75 Å². The number of Topliss-reactive ketones (excluding diaryl/α,β-unsaturated/α-hetero) is 1. The van der Waals surface area contributed by atoms with Crippen molar-refractivity contribution in [3.63, 3.8) is 0 Å². The van der Waals surface area contributed by atoms with Gasteiger partial charge in [-0.05, 0) is 75.6 Å². The maximum absolute atomic E-state index is 13.9. The van der Waals surface area contributed by atoms with Crippen molar-refractivity contribution in [2.75, 3.05) is 12.4 Å². The van der Waals surface area contributed by atoms with Gasteiger partial charge in [-0.3, -0.25) is 4.79 Å². The van der Waals surface area contributed by atoms with Gasteiger partial charge in [-0.2, -0.15) is 0 Å². The standard InChI is InChI=1S/C27H28FNO3S/c1-14-11-16(3)33-26(14)25(31)24(30)23-19(18-8-7-17(28)12-21(18)32-6)9-10-20-22(23)15(2)13-27(4,5)29-20/h7-13,25,29,31H,1-6H3. The number of ether oxygens (including phenoxy) is 1. The van der Waals surface area contributed by atoms with Gasteiger partial charge in [-0.25, -0.2) is 4.39 Å². The molecule has 0 bridgehead atoms. The van der Waals surface area contributed by atoms with E-state index in [9.17, 15) is 14.3 Å². The van der Waals surface area contributed by atoms with Crippen molar-refractivity contribution in [3.05, 3.63) is 74.7 Å². The number of hydrogen-bond donors (Lipinski definition) is 2. The zero-order valence-corrected chi connectivity index (χ0v) is 20.5. The summed E-state index contributed by atoms with van der Waals surface area (Å²) in [6.07, 6.45) is 0.771. The van der Waals surface area contributed by atoms with Crippen LogP contribution in [0, 0.1) is 19.7 Å². The number of allylic oxidation sites excluding steroid dienone is 1. The molecule has 2 aromatic carbocycles. The summed E-state index contributed by atoms with van der Waals surface area (Å²) < 4.78 is 19.4. The number of aryl methyl sites for hydroxylation is 2. The summed E-state index contributed by atoms with van der Waals surface area (Å²) in [6.45, 7) is 9.94. The topological polar surface area (TPSA) is 58.6 Å². The molecule has 0 fully saturated rings. The average molecular weight is 466 g/mol. The number of thiophene rings is 1. The number of carbonyl (C=O) groups excluding carboxylic acids is 1. The molecule has 0 radical (unpaired) electrons. The molecular formula is C27H28FNO3S. The second kappa shape index (κ2) is 8.43.